The fourth-order valence-electron chi connectivity index (χ4n) is 0.935. The van der Waals surface area contributed by atoms with Gasteiger partial charge in [0.25, 0.3) is 0 Å². The first-order valence-electron chi connectivity index (χ1n) is 3.42. The molecule has 56 valence electrons. The standard InChI is InChI=1S/C9H10N2/c1-6-3-4-8(5-10)9(11)7(6)2/h3-4H,11H2,1-2H3. The molecule has 0 aliphatic heterocycles. The van der Waals surface area contributed by atoms with Crippen LogP contribution >= 0.6 is 0 Å². The third kappa shape index (κ3) is 1.18. The number of hydrogen-bond acceptors (Lipinski definition) is 2. The first kappa shape index (κ1) is 7.62. The summed E-state index contributed by atoms with van der Waals surface area (Å²) in [5.41, 5.74) is 8.97. The minimum atomic E-state index is 0.563. The molecule has 0 fully saturated rings. The Morgan fingerprint density at radius 2 is 2.00 bits per heavy atom. The Morgan fingerprint density at radius 1 is 1.36 bits per heavy atom. The van der Waals surface area contributed by atoms with Crippen molar-refractivity contribution in [2.24, 2.45) is 0 Å². The van der Waals surface area contributed by atoms with Gasteiger partial charge in [-0.1, -0.05) is 6.07 Å². The topological polar surface area (TPSA) is 49.8 Å². The molecular weight excluding hydrogens is 136 g/mol. The van der Waals surface area contributed by atoms with Crippen LogP contribution < -0.4 is 5.73 Å². The van der Waals surface area contributed by atoms with E-state index in [1.165, 1.54) is 0 Å². The van der Waals surface area contributed by atoms with Gasteiger partial charge in [0.1, 0.15) is 6.07 Å². The van der Waals surface area contributed by atoms with Crippen molar-refractivity contribution in [1.29, 1.82) is 5.26 Å². The van der Waals surface area contributed by atoms with Crippen molar-refractivity contribution in [3.05, 3.63) is 28.8 Å². The SMILES string of the molecule is Cc1ccc(C#N)c(N)c1C. The van der Waals surface area contributed by atoms with Crippen LogP contribution in [0.25, 0.3) is 0 Å². The summed E-state index contributed by atoms with van der Waals surface area (Å²) in [5.74, 6) is 0. The molecule has 0 heterocycles. The second-order valence-electron chi connectivity index (χ2n) is 2.58. The maximum atomic E-state index is 8.60. The highest BCUT2D eigenvalue weighted by Crippen LogP contribution is 2.18. The highest BCUT2D eigenvalue weighted by atomic mass is 14.6. The molecule has 1 rings (SSSR count). The molecule has 0 saturated heterocycles. The monoisotopic (exact) mass is 146 g/mol. The summed E-state index contributed by atoms with van der Waals surface area (Å²) in [6.45, 7) is 3.90. The lowest BCUT2D eigenvalue weighted by molar-refractivity contribution is 1.33. The van der Waals surface area contributed by atoms with Gasteiger partial charge in [-0.05, 0) is 31.0 Å². The molecule has 1 aromatic carbocycles. The first-order valence-corrected chi connectivity index (χ1v) is 3.42. The quantitative estimate of drug-likeness (QED) is 0.567. The van der Waals surface area contributed by atoms with Crippen molar-refractivity contribution < 1.29 is 0 Å². The summed E-state index contributed by atoms with van der Waals surface area (Å²) < 4.78 is 0. The molecule has 2 N–H and O–H groups in total. The van der Waals surface area contributed by atoms with Crippen molar-refractivity contribution in [2.75, 3.05) is 5.73 Å². The Morgan fingerprint density at radius 3 is 2.55 bits per heavy atom. The number of hydrogen-bond donors (Lipinski definition) is 1. The zero-order valence-corrected chi connectivity index (χ0v) is 6.68. The largest absolute Gasteiger partial charge is 0.397 e. The molecule has 0 aliphatic rings. The number of aryl methyl sites for hydroxylation is 1. The predicted octanol–water partition coefficient (Wildman–Crippen LogP) is 1.76. The fraction of sp³-hybridized carbons (Fsp3) is 0.222. The van der Waals surface area contributed by atoms with Crippen molar-refractivity contribution in [2.45, 2.75) is 13.8 Å². The van der Waals surface area contributed by atoms with E-state index < -0.39 is 0 Å². The number of rotatable bonds is 0. The van der Waals surface area contributed by atoms with E-state index in [0.717, 1.165) is 11.1 Å². The molecule has 0 aromatic heterocycles. The van der Waals surface area contributed by atoms with Gasteiger partial charge < -0.3 is 5.73 Å². The Bertz CT molecular complexity index is 321. The molecule has 2 nitrogen and oxygen atoms in total. The zero-order chi connectivity index (χ0) is 8.43. The molecule has 0 spiro atoms. The number of nitrogens with zero attached hydrogens (tertiary/aromatic N) is 1. The summed E-state index contributed by atoms with van der Waals surface area (Å²) in [6, 6.07) is 5.69. The van der Waals surface area contributed by atoms with E-state index in [0.29, 0.717) is 11.3 Å². The average molecular weight is 146 g/mol. The van der Waals surface area contributed by atoms with E-state index >= 15 is 0 Å². The Hall–Kier alpha value is -1.49. The summed E-state index contributed by atoms with van der Waals surface area (Å²) in [5, 5.41) is 8.60. The molecule has 1 aromatic rings. The third-order valence-electron chi connectivity index (χ3n) is 1.91. The minimum absolute atomic E-state index is 0.563. The number of nitrogen functional groups attached to an aromatic ring is 1. The molecule has 0 atom stereocenters. The molecule has 0 saturated carbocycles. The number of benzene rings is 1. The van der Waals surface area contributed by atoms with Gasteiger partial charge in [-0.2, -0.15) is 5.26 Å². The number of nitriles is 1. The smallest absolute Gasteiger partial charge is 0.101 e. The lowest BCUT2D eigenvalue weighted by Crippen LogP contribution is -1.95. The van der Waals surface area contributed by atoms with Gasteiger partial charge in [0, 0.05) is 0 Å². The van der Waals surface area contributed by atoms with Gasteiger partial charge in [0.2, 0.25) is 0 Å². The van der Waals surface area contributed by atoms with Crippen LogP contribution in [0.1, 0.15) is 16.7 Å². The first-order chi connectivity index (χ1) is 5.16. The van der Waals surface area contributed by atoms with Crippen LogP contribution in [0.4, 0.5) is 5.69 Å². The van der Waals surface area contributed by atoms with Crippen molar-refractivity contribution >= 4 is 5.69 Å². The molecule has 2 heteroatoms. The molecule has 0 radical (unpaired) electrons. The normalized spacial score (nSPS) is 9.18. The van der Waals surface area contributed by atoms with Crippen LogP contribution in [0.15, 0.2) is 12.1 Å². The second-order valence-corrected chi connectivity index (χ2v) is 2.58. The molecular formula is C9H10N2. The van der Waals surface area contributed by atoms with E-state index in [1.807, 2.05) is 26.0 Å². The van der Waals surface area contributed by atoms with E-state index in [2.05, 4.69) is 0 Å². The molecule has 11 heavy (non-hydrogen) atoms. The van der Waals surface area contributed by atoms with E-state index in [9.17, 15) is 0 Å². The Kier molecular flexibility index (Phi) is 1.82. The second kappa shape index (κ2) is 2.63. The minimum Gasteiger partial charge on any atom is -0.397 e. The number of nitrogens with two attached hydrogens (primary N) is 1. The van der Waals surface area contributed by atoms with Crippen LogP contribution in [0.3, 0.4) is 0 Å². The van der Waals surface area contributed by atoms with Gasteiger partial charge >= 0.3 is 0 Å². The van der Waals surface area contributed by atoms with Crippen LogP contribution in [0, 0.1) is 25.2 Å². The molecule has 0 aliphatic carbocycles. The number of anilines is 1. The van der Waals surface area contributed by atoms with Crippen molar-refractivity contribution in [3.8, 4) is 6.07 Å². The third-order valence-corrected chi connectivity index (χ3v) is 1.91. The van der Waals surface area contributed by atoms with Gasteiger partial charge in [-0.15, -0.1) is 0 Å². The maximum absolute atomic E-state index is 8.60. The van der Waals surface area contributed by atoms with E-state index in [4.69, 9.17) is 11.0 Å². The lowest BCUT2D eigenvalue weighted by Gasteiger charge is -2.04. The van der Waals surface area contributed by atoms with Crippen LogP contribution in [-0.2, 0) is 0 Å². The van der Waals surface area contributed by atoms with Crippen molar-refractivity contribution in [3.63, 3.8) is 0 Å². The molecule has 0 unspecified atom stereocenters. The highest BCUT2D eigenvalue weighted by molar-refractivity contribution is 5.60. The molecule has 0 amide bonds. The Balaban J connectivity index is 3.40. The van der Waals surface area contributed by atoms with Gasteiger partial charge in [0.05, 0.1) is 11.3 Å². The summed E-state index contributed by atoms with van der Waals surface area (Å²) in [6.07, 6.45) is 0. The fourth-order valence-corrected chi connectivity index (χ4v) is 0.935. The van der Waals surface area contributed by atoms with E-state index in [1.54, 1.807) is 6.07 Å². The predicted molar refractivity (Wildman–Crippen MR) is 45.0 cm³/mol. The molecule has 0 bridgehead atoms. The van der Waals surface area contributed by atoms with Crippen LogP contribution in [0.2, 0.25) is 0 Å². The zero-order valence-electron chi connectivity index (χ0n) is 6.68. The summed E-state index contributed by atoms with van der Waals surface area (Å²) in [7, 11) is 0. The average Bonchev–Trinajstić information content (AvgIpc) is 2.01. The van der Waals surface area contributed by atoms with Crippen molar-refractivity contribution in [1.82, 2.24) is 0 Å². The van der Waals surface area contributed by atoms with Crippen LogP contribution in [0.5, 0.6) is 0 Å². The summed E-state index contributed by atoms with van der Waals surface area (Å²) >= 11 is 0. The van der Waals surface area contributed by atoms with Gasteiger partial charge in [-0.25, -0.2) is 0 Å². The van der Waals surface area contributed by atoms with Crippen LogP contribution in [-0.4, -0.2) is 0 Å². The highest BCUT2D eigenvalue weighted by Gasteiger charge is 2.02. The Labute approximate surface area is 66.3 Å². The van der Waals surface area contributed by atoms with E-state index in [-0.39, 0.29) is 0 Å². The lowest BCUT2D eigenvalue weighted by atomic mass is 10.0. The maximum Gasteiger partial charge on any atom is 0.101 e. The van der Waals surface area contributed by atoms with Gasteiger partial charge in [0.15, 0.2) is 0 Å². The summed E-state index contributed by atoms with van der Waals surface area (Å²) in [4.78, 5) is 0. The van der Waals surface area contributed by atoms with Gasteiger partial charge in [-0.3, -0.25) is 0 Å².